The highest BCUT2D eigenvalue weighted by molar-refractivity contribution is 7.99. The molecule has 1 fully saturated rings. The number of benzene rings is 2. The molecule has 1 saturated heterocycles. The van der Waals surface area contributed by atoms with Crippen molar-refractivity contribution in [3.8, 4) is 0 Å². The minimum Gasteiger partial charge on any atom is -0.321 e. The maximum Gasteiger partial charge on any atom is 0.255 e. The molecule has 1 aromatic heterocycles. The Morgan fingerprint density at radius 2 is 1.91 bits per heavy atom. The van der Waals surface area contributed by atoms with Crippen LogP contribution in [0.1, 0.15) is 20.6 Å². The van der Waals surface area contributed by atoms with E-state index in [1.165, 1.54) is 4.88 Å². The van der Waals surface area contributed by atoms with Gasteiger partial charge in [-0.3, -0.25) is 4.79 Å². The van der Waals surface area contributed by atoms with E-state index in [9.17, 15) is 4.79 Å². The fourth-order valence-electron chi connectivity index (χ4n) is 2.91. The van der Waals surface area contributed by atoms with Gasteiger partial charge in [0.05, 0.1) is 0 Å². The van der Waals surface area contributed by atoms with Crippen molar-refractivity contribution in [2.24, 2.45) is 0 Å². The number of nitrogens with zero attached hydrogens (tertiary/aromatic N) is 1. The first-order chi connectivity index (χ1) is 10.8. The van der Waals surface area contributed by atoms with Crippen LogP contribution in [0.2, 0.25) is 0 Å². The number of carbonyl (C=O) groups is 1. The second-order valence-electron chi connectivity index (χ2n) is 5.26. The van der Waals surface area contributed by atoms with Gasteiger partial charge in [-0.05, 0) is 28.3 Å². The molecule has 1 unspecified atom stereocenters. The highest BCUT2D eigenvalue weighted by Crippen LogP contribution is 2.41. The summed E-state index contributed by atoms with van der Waals surface area (Å²) >= 11 is 3.58. The van der Waals surface area contributed by atoms with Gasteiger partial charge in [-0.2, -0.15) is 0 Å². The normalized spacial score (nSPS) is 18.0. The summed E-state index contributed by atoms with van der Waals surface area (Å²) in [6.07, 6.45) is 0. The molecule has 1 amide bonds. The largest absolute Gasteiger partial charge is 0.321 e. The minimum atomic E-state index is 0.139. The standard InChI is InChI=1S/C18H15NOS2/c20-17(15-8-3-6-13-5-1-2-7-14(13)15)19-10-12-22-18(19)16-9-4-11-21-16/h1-9,11,18H,10,12H2. The number of hydrogen-bond donors (Lipinski definition) is 0. The SMILES string of the molecule is O=C(c1cccc2ccccc12)N1CCSC1c1cccs1. The number of carbonyl (C=O) groups excluding carboxylic acids is 1. The lowest BCUT2D eigenvalue weighted by Crippen LogP contribution is -2.30. The van der Waals surface area contributed by atoms with Crippen LogP contribution in [0.15, 0.2) is 60.0 Å². The smallest absolute Gasteiger partial charge is 0.255 e. The zero-order valence-corrected chi connectivity index (χ0v) is 13.6. The van der Waals surface area contributed by atoms with Crippen LogP contribution in [0.3, 0.4) is 0 Å². The highest BCUT2D eigenvalue weighted by Gasteiger charge is 2.32. The van der Waals surface area contributed by atoms with Gasteiger partial charge in [0, 0.05) is 22.7 Å². The summed E-state index contributed by atoms with van der Waals surface area (Å²) in [6.45, 7) is 0.815. The Bertz CT molecular complexity index is 808. The van der Waals surface area contributed by atoms with Gasteiger partial charge in [-0.25, -0.2) is 0 Å². The lowest BCUT2D eigenvalue weighted by atomic mass is 10.0. The predicted octanol–water partition coefficient (Wildman–Crippen LogP) is 4.79. The van der Waals surface area contributed by atoms with Gasteiger partial charge in [-0.1, -0.05) is 42.5 Å². The summed E-state index contributed by atoms with van der Waals surface area (Å²) in [6, 6.07) is 18.2. The second-order valence-corrected chi connectivity index (χ2v) is 7.43. The van der Waals surface area contributed by atoms with E-state index in [-0.39, 0.29) is 11.3 Å². The van der Waals surface area contributed by atoms with Crippen molar-refractivity contribution in [1.82, 2.24) is 4.90 Å². The van der Waals surface area contributed by atoms with Gasteiger partial charge in [0.15, 0.2) is 0 Å². The molecule has 2 heterocycles. The molecule has 0 aliphatic carbocycles. The molecule has 0 spiro atoms. The predicted molar refractivity (Wildman–Crippen MR) is 94.5 cm³/mol. The van der Waals surface area contributed by atoms with E-state index in [0.717, 1.165) is 28.6 Å². The van der Waals surface area contributed by atoms with E-state index in [2.05, 4.69) is 29.6 Å². The molecular formula is C18H15NOS2. The van der Waals surface area contributed by atoms with Gasteiger partial charge in [-0.15, -0.1) is 23.1 Å². The Hall–Kier alpha value is -1.78. The Labute approximate surface area is 137 Å². The number of thioether (sulfide) groups is 1. The fraction of sp³-hybridized carbons (Fsp3) is 0.167. The Balaban J connectivity index is 1.74. The molecule has 0 N–H and O–H groups in total. The molecule has 2 nitrogen and oxygen atoms in total. The molecule has 22 heavy (non-hydrogen) atoms. The Morgan fingerprint density at radius 3 is 2.77 bits per heavy atom. The van der Waals surface area contributed by atoms with Crippen molar-refractivity contribution in [1.29, 1.82) is 0 Å². The van der Waals surface area contributed by atoms with Crippen molar-refractivity contribution >= 4 is 39.8 Å². The van der Waals surface area contributed by atoms with Crippen LogP contribution in [0, 0.1) is 0 Å². The molecule has 0 bridgehead atoms. The van der Waals surface area contributed by atoms with Crippen LogP contribution in [0.4, 0.5) is 0 Å². The van der Waals surface area contributed by atoms with E-state index in [0.29, 0.717) is 0 Å². The van der Waals surface area contributed by atoms with Crippen molar-refractivity contribution < 1.29 is 4.79 Å². The lowest BCUT2D eigenvalue weighted by Gasteiger charge is -2.23. The zero-order chi connectivity index (χ0) is 14.9. The Kier molecular flexibility index (Phi) is 3.64. The molecular weight excluding hydrogens is 310 g/mol. The van der Waals surface area contributed by atoms with Crippen molar-refractivity contribution in [3.05, 3.63) is 70.4 Å². The van der Waals surface area contributed by atoms with E-state index in [1.807, 2.05) is 47.0 Å². The lowest BCUT2D eigenvalue weighted by molar-refractivity contribution is 0.0764. The van der Waals surface area contributed by atoms with Crippen LogP contribution in [-0.4, -0.2) is 23.1 Å². The van der Waals surface area contributed by atoms with Gasteiger partial charge in [0.1, 0.15) is 5.37 Å². The summed E-state index contributed by atoms with van der Waals surface area (Å²) in [5.41, 5.74) is 0.808. The average Bonchev–Trinajstić information content (AvgIpc) is 3.24. The average molecular weight is 325 g/mol. The summed E-state index contributed by atoms with van der Waals surface area (Å²) in [5.74, 6) is 1.14. The second kappa shape index (κ2) is 5.78. The van der Waals surface area contributed by atoms with Crippen LogP contribution < -0.4 is 0 Å². The minimum absolute atomic E-state index is 0.139. The van der Waals surface area contributed by atoms with Gasteiger partial charge < -0.3 is 4.90 Å². The Morgan fingerprint density at radius 1 is 1.05 bits per heavy atom. The zero-order valence-electron chi connectivity index (χ0n) is 11.9. The van der Waals surface area contributed by atoms with Crippen molar-refractivity contribution in [3.63, 3.8) is 0 Å². The quantitative estimate of drug-likeness (QED) is 0.675. The first kappa shape index (κ1) is 13.9. The summed E-state index contributed by atoms with van der Waals surface area (Å²) in [4.78, 5) is 16.4. The van der Waals surface area contributed by atoms with E-state index >= 15 is 0 Å². The van der Waals surface area contributed by atoms with Crippen LogP contribution >= 0.6 is 23.1 Å². The summed E-state index contributed by atoms with van der Waals surface area (Å²) in [5, 5.41) is 4.39. The highest BCUT2D eigenvalue weighted by atomic mass is 32.2. The molecule has 1 atom stereocenters. The van der Waals surface area contributed by atoms with E-state index in [1.54, 1.807) is 11.3 Å². The van der Waals surface area contributed by atoms with E-state index < -0.39 is 0 Å². The third-order valence-electron chi connectivity index (χ3n) is 3.96. The third kappa shape index (κ3) is 2.32. The topological polar surface area (TPSA) is 20.3 Å². The number of thiophene rings is 1. The maximum atomic E-state index is 13.1. The maximum absolute atomic E-state index is 13.1. The first-order valence-electron chi connectivity index (χ1n) is 7.28. The molecule has 0 radical (unpaired) electrons. The van der Waals surface area contributed by atoms with Crippen LogP contribution in [0.5, 0.6) is 0 Å². The molecule has 110 valence electrons. The van der Waals surface area contributed by atoms with Gasteiger partial charge >= 0.3 is 0 Å². The molecule has 2 aromatic carbocycles. The fourth-order valence-corrected chi connectivity index (χ4v) is 5.15. The molecule has 4 rings (SSSR count). The van der Waals surface area contributed by atoms with E-state index in [4.69, 9.17) is 0 Å². The van der Waals surface area contributed by atoms with Gasteiger partial charge in [0.2, 0.25) is 0 Å². The molecule has 4 heteroatoms. The van der Waals surface area contributed by atoms with Crippen molar-refractivity contribution in [2.75, 3.05) is 12.3 Å². The van der Waals surface area contributed by atoms with Crippen LogP contribution in [0.25, 0.3) is 10.8 Å². The molecule has 1 aliphatic heterocycles. The monoisotopic (exact) mass is 325 g/mol. The first-order valence-corrected chi connectivity index (χ1v) is 9.21. The van der Waals surface area contributed by atoms with Crippen molar-refractivity contribution in [2.45, 2.75) is 5.37 Å². The third-order valence-corrected chi connectivity index (χ3v) is 6.27. The number of fused-ring (bicyclic) bond motifs is 1. The number of amides is 1. The molecule has 1 aliphatic rings. The molecule has 3 aromatic rings. The number of hydrogen-bond acceptors (Lipinski definition) is 3. The van der Waals surface area contributed by atoms with Crippen LogP contribution in [-0.2, 0) is 0 Å². The van der Waals surface area contributed by atoms with Gasteiger partial charge in [0.25, 0.3) is 5.91 Å². The molecule has 0 saturated carbocycles. The number of rotatable bonds is 2. The summed E-state index contributed by atoms with van der Waals surface area (Å²) < 4.78 is 0. The summed E-state index contributed by atoms with van der Waals surface area (Å²) in [7, 11) is 0.